The van der Waals surface area contributed by atoms with Gasteiger partial charge in [0.15, 0.2) is 6.04 Å². The number of phenols is 2. The fourth-order valence-electron chi connectivity index (χ4n) is 2.78. The second kappa shape index (κ2) is 6.75. The fraction of sp³-hybridized carbons (Fsp3) is 0.111. The number of benzene rings is 2. The number of phenolic OH excluding ortho intramolecular Hbond substituents is 2. The molecule has 0 radical (unpaired) electrons. The largest absolute Gasteiger partial charge is 0.508 e. The number of nitrogens with zero attached hydrogens (tertiary/aromatic N) is 3. The summed E-state index contributed by atoms with van der Waals surface area (Å²) in [4.78, 5) is 11.2. The molecule has 2 unspecified atom stereocenters. The van der Waals surface area contributed by atoms with E-state index in [0.29, 0.717) is 5.69 Å². The Bertz CT molecular complexity index is 927. The van der Waals surface area contributed by atoms with E-state index in [9.17, 15) is 24.7 Å². The van der Waals surface area contributed by atoms with Crippen molar-refractivity contribution in [3.8, 4) is 11.5 Å². The molecule has 0 bridgehead atoms. The third-order valence-corrected chi connectivity index (χ3v) is 4.02. The summed E-state index contributed by atoms with van der Waals surface area (Å²) in [5, 5.41) is 39.6. The van der Waals surface area contributed by atoms with Crippen LogP contribution in [0, 0.1) is 10.1 Å². The molecule has 8 heteroatoms. The van der Waals surface area contributed by atoms with Crippen molar-refractivity contribution in [2.24, 2.45) is 10.2 Å². The molecule has 2 N–H and O–H groups in total. The molecule has 0 spiro atoms. The Hall–Kier alpha value is -3.55. The van der Waals surface area contributed by atoms with Gasteiger partial charge in [0, 0.05) is 17.1 Å². The molecule has 0 fully saturated rings. The van der Waals surface area contributed by atoms with E-state index >= 15 is 0 Å². The molecule has 7 nitrogen and oxygen atoms in total. The number of halogens is 1. The standard InChI is InChI=1S/C18H14FN3O4/c19-12-6-9-17(21-20-13-4-2-1-3-5-13)18(11-12,22(25)26)15-8-7-14(23)10-16(15)24/h1-11,17,23-24H. The zero-order chi connectivity index (χ0) is 18.7. The highest BCUT2D eigenvalue weighted by molar-refractivity contribution is 5.48. The number of nitro groups is 1. The summed E-state index contributed by atoms with van der Waals surface area (Å²) >= 11 is 0. The molecule has 1 aliphatic carbocycles. The Morgan fingerprint density at radius 1 is 1.15 bits per heavy atom. The summed E-state index contributed by atoms with van der Waals surface area (Å²) in [6.45, 7) is 0. The minimum Gasteiger partial charge on any atom is -0.508 e. The van der Waals surface area contributed by atoms with Crippen molar-refractivity contribution in [2.45, 2.75) is 11.6 Å². The molecule has 0 aliphatic heterocycles. The molecule has 26 heavy (non-hydrogen) atoms. The molecular formula is C18H14FN3O4. The predicted octanol–water partition coefficient (Wildman–Crippen LogP) is 4.15. The summed E-state index contributed by atoms with van der Waals surface area (Å²) in [6.07, 6.45) is 3.07. The van der Waals surface area contributed by atoms with Crippen LogP contribution in [0.25, 0.3) is 0 Å². The molecule has 2 aromatic rings. The lowest BCUT2D eigenvalue weighted by atomic mass is 9.80. The Labute approximate surface area is 147 Å². The van der Waals surface area contributed by atoms with Crippen LogP contribution >= 0.6 is 0 Å². The molecule has 0 amide bonds. The van der Waals surface area contributed by atoms with Crippen molar-refractivity contribution < 1.29 is 19.5 Å². The number of azo groups is 1. The number of rotatable bonds is 4. The average molecular weight is 355 g/mol. The molecule has 2 aromatic carbocycles. The molecular weight excluding hydrogens is 341 g/mol. The number of aromatic hydroxyl groups is 2. The third kappa shape index (κ3) is 3.04. The normalized spacial score (nSPS) is 22.3. The zero-order valence-corrected chi connectivity index (χ0v) is 13.4. The van der Waals surface area contributed by atoms with Gasteiger partial charge in [0.05, 0.1) is 11.3 Å². The number of allylic oxidation sites excluding steroid dienone is 2. The Kier molecular flexibility index (Phi) is 4.49. The van der Waals surface area contributed by atoms with Gasteiger partial charge < -0.3 is 10.2 Å². The van der Waals surface area contributed by atoms with Gasteiger partial charge in [-0.2, -0.15) is 10.2 Å². The molecule has 0 saturated carbocycles. The van der Waals surface area contributed by atoms with Gasteiger partial charge in [0.1, 0.15) is 17.3 Å². The van der Waals surface area contributed by atoms with Crippen LogP contribution in [0.4, 0.5) is 10.1 Å². The van der Waals surface area contributed by atoms with E-state index in [1.165, 1.54) is 18.2 Å². The van der Waals surface area contributed by atoms with Gasteiger partial charge in [-0.1, -0.05) is 18.2 Å². The van der Waals surface area contributed by atoms with E-state index in [4.69, 9.17) is 0 Å². The van der Waals surface area contributed by atoms with E-state index in [1.807, 2.05) is 0 Å². The molecule has 2 atom stereocenters. The van der Waals surface area contributed by atoms with Gasteiger partial charge >= 0.3 is 0 Å². The first-order chi connectivity index (χ1) is 12.4. The maximum atomic E-state index is 13.9. The maximum absolute atomic E-state index is 13.9. The van der Waals surface area contributed by atoms with E-state index in [1.54, 1.807) is 30.3 Å². The number of hydrogen-bond acceptors (Lipinski definition) is 6. The smallest absolute Gasteiger partial charge is 0.299 e. The maximum Gasteiger partial charge on any atom is 0.299 e. The van der Waals surface area contributed by atoms with Gasteiger partial charge in [0.2, 0.25) is 0 Å². The zero-order valence-electron chi connectivity index (χ0n) is 13.4. The lowest BCUT2D eigenvalue weighted by Crippen LogP contribution is -2.44. The van der Waals surface area contributed by atoms with Crippen LogP contribution in [0.5, 0.6) is 11.5 Å². The first-order valence-corrected chi connectivity index (χ1v) is 7.63. The van der Waals surface area contributed by atoms with E-state index in [-0.39, 0.29) is 11.3 Å². The lowest BCUT2D eigenvalue weighted by Gasteiger charge is -2.28. The van der Waals surface area contributed by atoms with Gasteiger partial charge in [0.25, 0.3) is 5.54 Å². The van der Waals surface area contributed by atoms with Crippen LogP contribution in [0.1, 0.15) is 5.56 Å². The first-order valence-electron chi connectivity index (χ1n) is 7.63. The lowest BCUT2D eigenvalue weighted by molar-refractivity contribution is -0.566. The van der Waals surface area contributed by atoms with Crippen LogP contribution in [-0.4, -0.2) is 21.2 Å². The molecule has 3 rings (SSSR count). The Balaban J connectivity index is 2.14. The summed E-state index contributed by atoms with van der Waals surface area (Å²) < 4.78 is 13.9. The van der Waals surface area contributed by atoms with Gasteiger partial charge in [-0.05, 0) is 36.4 Å². The van der Waals surface area contributed by atoms with Crippen molar-refractivity contribution in [1.29, 1.82) is 0 Å². The van der Waals surface area contributed by atoms with Gasteiger partial charge in [-0.25, -0.2) is 4.39 Å². The average Bonchev–Trinajstić information content (AvgIpc) is 2.61. The summed E-state index contributed by atoms with van der Waals surface area (Å²) in [6, 6.07) is 10.7. The highest BCUT2D eigenvalue weighted by Crippen LogP contribution is 2.42. The third-order valence-electron chi connectivity index (χ3n) is 4.02. The van der Waals surface area contributed by atoms with E-state index < -0.39 is 28.1 Å². The summed E-state index contributed by atoms with van der Waals surface area (Å²) in [5.74, 6) is -1.65. The minimum absolute atomic E-state index is 0.197. The second-order valence-electron chi connectivity index (χ2n) is 5.67. The van der Waals surface area contributed by atoms with Crippen LogP contribution < -0.4 is 0 Å². The quantitative estimate of drug-likeness (QED) is 0.488. The van der Waals surface area contributed by atoms with E-state index in [2.05, 4.69) is 10.2 Å². The molecule has 1 aliphatic rings. The van der Waals surface area contributed by atoms with Crippen molar-refractivity contribution >= 4 is 5.69 Å². The number of hydrogen-bond donors (Lipinski definition) is 2. The highest BCUT2D eigenvalue weighted by Gasteiger charge is 2.54. The highest BCUT2D eigenvalue weighted by atomic mass is 19.1. The molecule has 132 valence electrons. The Morgan fingerprint density at radius 2 is 1.88 bits per heavy atom. The topological polar surface area (TPSA) is 108 Å². The van der Waals surface area contributed by atoms with Crippen molar-refractivity contribution in [1.82, 2.24) is 0 Å². The summed E-state index contributed by atoms with van der Waals surface area (Å²) in [5.41, 5.74) is -1.92. The van der Waals surface area contributed by atoms with Crippen molar-refractivity contribution in [3.63, 3.8) is 0 Å². The van der Waals surface area contributed by atoms with Crippen LogP contribution in [-0.2, 0) is 5.54 Å². The fourth-order valence-corrected chi connectivity index (χ4v) is 2.78. The van der Waals surface area contributed by atoms with Crippen LogP contribution in [0.2, 0.25) is 0 Å². The van der Waals surface area contributed by atoms with Gasteiger partial charge in [-0.15, -0.1) is 0 Å². The van der Waals surface area contributed by atoms with Crippen molar-refractivity contribution in [2.75, 3.05) is 0 Å². The van der Waals surface area contributed by atoms with E-state index in [0.717, 1.165) is 18.2 Å². The monoisotopic (exact) mass is 355 g/mol. The minimum atomic E-state index is -2.20. The van der Waals surface area contributed by atoms with Crippen LogP contribution in [0.3, 0.4) is 0 Å². The molecule has 0 saturated heterocycles. The SMILES string of the molecule is O=[N+]([O-])C1(c2ccc(O)cc2O)C=C(F)C=CC1N=Nc1ccccc1. The predicted molar refractivity (Wildman–Crippen MR) is 91.5 cm³/mol. The molecule has 0 aromatic heterocycles. The van der Waals surface area contributed by atoms with Crippen LogP contribution in [0.15, 0.2) is 82.8 Å². The molecule has 0 heterocycles. The second-order valence-corrected chi connectivity index (χ2v) is 5.67. The van der Waals surface area contributed by atoms with Crippen molar-refractivity contribution in [3.05, 3.63) is 88.3 Å². The van der Waals surface area contributed by atoms with Gasteiger partial charge in [-0.3, -0.25) is 10.1 Å². The Morgan fingerprint density at radius 3 is 2.54 bits per heavy atom. The first kappa shape index (κ1) is 17.3. The summed E-state index contributed by atoms with van der Waals surface area (Å²) in [7, 11) is 0.